The quantitative estimate of drug-likeness (QED) is 0.751. The van der Waals surface area contributed by atoms with E-state index in [9.17, 15) is 0 Å². The van der Waals surface area contributed by atoms with E-state index in [-0.39, 0.29) is 0 Å². The van der Waals surface area contributed by atoms with Crippen molar-refractivity contribution in [1.82, 2.24) is 4.98 Å². The van der Waals surface area contributed by atoms with Gasteiger partial charge in [0.05, 0.1) is 11.4 Å². The van der Waals surface area contributed by atoms with Gasteiger partial charge in [-0.2, -0.15) is 0 Å². The predicted octanol–water partition coefficient (Wildman–Crippen LogP) is 2.15. The Bertz CT molecular complexity index is 469. The molecule has 1 aromatic carbocycles. The van der Waals surface area contributed by atoms with Gasteiger partial charge < -0.3 is 11.5 Å². The van der Waals surface area contributed by atoms with E-state index in [1.807, 2.05) is 25.3 Å². The van der Waals surface area contributed by atoms with Gasteiger partial charge in [-0.05, 0) is 42.2 Å². The number of anilines is 2. The van der Waals surface area contributed by atoms with E-state index in [1.165, 1.54) is 5.56 Å². The van der Waals surface area contributed by atoms with E-state index in [0.29, 0.717) is 11.4 Å². The molecule has 2 rings (SSSR count). The molecule has 4 N–H and O–H groups in total. The molecular weight excluding hydrogens is 198 g/mol. The second-order valence-electron chi connectivity index (χ2n) is 3.95. The van der Waals surface area contributed by atoms with Crippen LogP contribution in [0, 0.1) is 6.92 Å². The minimum atomic E-state index is 0.652. The number of nitrogens with zero attached hydrogens (tertiary/aromatic N) is 1. The van der Waals surface area contributed by atoms with Crippen LogP contribution < -0.4 is 11.5 Å². The van der Waals surface area contributed by atoms with E-state index in [4.69, 9.17) is 11.5 Å². The largest absolute Gasteiger partial charge is 0.397 e. The molecule has 0 spiro atoms. The van der Waals surface area contributed by atoms with Gasteiger partial charge in [-0.15, -0.1) is 0 Å². The Morgan fingerprint density at radius 2 is 2.00 bits per heavy atom. The monoisotopic (exact) mass is 213 g/mol. The molecule has 82 valence electrons. The molecule has 3 heteroatoms. The minimum absolute atomic E-state index is 0.652. The molecule has 0 aliphatic rings. The summed E-state index contributed by atoms with van der Waals surface area (Å²) in [5.41, 5.74) is 16.3. The first-order valence-corrected chi connectivity index (χ1v) is 5.20. The Morgan fingerprint density at radius 3 is 2.62 bits per heavy atom. The number of aryl methyl sites for hydroxylation is 1. The fraction of sp³-hybridized carbons (Fsp3) is 0.154. The molecule has 0 bridgehead atoms. The van der Waals surface area contributed by atoms with E-state index in [0.717, 1.165) is 17.5 Å². The minimum Gasteiger partial charge on any atom is -0.397 e. The first-order chi connectivity index (χ1) is 7.66. The zero-order chi connectivity index (χ0) is 11.5. The molecule has 16 heavy (non-hydrogen) atoms. The van der Waals surface area contributed by atoms with Gasteiger partial charge in [0, 0.05) is 12.4 Å². The highest BCUT2D eigenvalue weighted by molar-refractivity contribution is 5.68. The Morgan fingerprint density at radius 1 is 1.19 bits per heavy atom. The van der Waals surface area contributed by atoms with Crippen LogP contribution in [-0.4, -0.2) is 4.98 Å². The third kappa shape index (κ3) is 2.14. The van der Waals surface area contributed by atoms with Crippen LogP contribution >= 0.6 is 0 Å². The van der Waals surface area contributed by atoms with E-state index >= 15 is 0 Å². The van der Waals surface area contributed by atoms with Crippen molar-refractivity contribution in [2.45, 2.75) is 13.3 Å². The number of nitrogens with two attached hydrogens (primary N) is 2. The maximum absolute atomic E-state index is 5.83. The molecule has 0 fully saturated rings. The van der Waals surface area contributed by atoms with Crippen LogP contribution in [0.4, 0.5) is 11.4 Å². The Labute approximate surface area is 95.1 Å². The molecule has 0 atom stereocenters. The standard InChI is InChI=1S/C13H15N3/c1-9-5-11(7-12(14)13(9)15)6-10-3-2-4-16-8-10/h2-5,7-8H,6,14-15H2,1H3. The van der Waals surface area contributed by atoms with E-state index < -0.39 is 0 Å². The van der Waals surface area contributed by atoms with E-state index in [1.54, 1.807) is 6.20 Å². The van der Waals surface area contributed by atoms with Crippen molar-refractivity contribution in [2.75, 3.05) is 11.5 Å². The van der Waals surface area contributed by atoms with Gasteiger partial charge in [0.1, 0.15) is 0 Å². The van der Waals surface area contributed by atoms with Crippen LogP contribution in [0.25, 0.3) is 0 Å². The van der Waals surface area contributed by atoms with Crippen molar-refractivity contribution in [3.8, 4) is 0 Å². The third-order valence-corrected chi connectivity index (χ3v) is 2.61. The summed E-state index contributed by atoms with van der Waals surface area (Å²) in [6.07, 6.45) is 4.47. The van der Waals surface area contributed by atoms with Crippen LogP contribution in [0.1, 0.15) is 16.7 Å². The summed E-state index contributed by atoms with van der Waals surface area (Å²) in [4.78, 5) is 4.09. The molecular formula is C13H15N3. The van der Waals surface area contributed by atoms with Gasteiger partial charge in [0.2, 0.25) is 0 Å². The van der Waals surface area contributed by atoms with Gasteiger partial charge in [-0.25, -0.2) is 0 Å². The fourth-order valence-corrected chi connectivity index (χ4v) is 1.74. The summed E-state index contributed by atoms with van der Waals surface area (Å²) in [6, 6.07) is 7.98. The lowest BCUT2D eigenvalue weighted by atomic mass is 10.0. The zero-order valence-electron chi connectivity index (χ0n) is 9.27. The van der Waals surface area contributed by atoms with Crippen molar-refractivity contribution >= 4 is 11.4 Å². The SMILES string of the molecule is Cc1cc(Cc2cccnc2)cc(N)c1N. The van der Waals surface area contributed by atoms with Crippen LogP contribution in [0.3, 0.4) is 0 Å². The summed E-state index contributed by atoms with van der Waals surface area (Å²) in [6.45, 7) is 1.97. The van der Waals surface area contributed by atoms with Crippen LogP contribution in [0.5, 0.6) is 0 Å². The second kappa shape index (κ2) is 4.23. The maximum Gasteiger partial charge on any atom is 0.0577 e. The zero-order valence-corrected chi connectivity index (χ0v) is 9.27. The molecule has 0 saturated heterocycles. The molecule has 0 radical (unpaired) electrons. The molecule has 1 heterocycles. The van der Waals surface area contributed by atoms with E-state index in [2.05, 4.69) is 17.1 Å². The number of nitrogen functional groups attached to an aromatic ring is 2. The highest BCUT2D eigenvalue weighted by Crippen LogP contribution is 2.22. The lowest BCUT2D eigenvalue weighted by Crippen LogP contribution is -2.00. The average Bonchev–Trinajstić information content (AvgIpc) is 2.27. The average molecular weight is 213 g/mol. The Kier molecular flexibility index (Phi) is 2.77. The molecule has 3 nitrogen and oxygen atoms in total. The number of pyridine rings is 1. The molecule has 0 amide bonds. The summed E-state index contributed by atoms with van der Waals surface area (Å²) in [5.74, 6) is 0. The molecule has 0 aliphatic heterocycles. The first-order valence-electron chi connectivity index (χ1n) is 5.20. The van der Waals surface area contributed by atoms with Crippen LogP contribution in [0.15, 0.2) is 36.7 Å². The summed E-state index contributed by atoms with van der Waals surface area (Å²) >= 11 is 0. The molecule has 0 saturated carbocycles. The highest BCUT2D eigenvalue weighted by atomic mass is 14.7. The first kappa shape index (κ1) is 10.5. The lowest BCUT2D eigenvalue weighted by molar-refractivity contribution is 1.14. The molecule has 0 aliphatic carbocycles. The third-order valence-electron chi connectivity index (χ3n) is 2.61. The number of hydrogen-bond donors (Lipinski definition) is 2. The van der Waals surface area contributed by atoms with Gasteiger partial charge in [-0.3, -0.25) is 4.98 Å². The normalized spacial score (nSPS) is 10.3. The van der Waals surface area contributed by atoms with Crippen molar-refractivity contribution < 1.29 is 0 Å². The highest BCUT2D eigenvalue weighted by Gasteiger charge is 2.03. The summed E-state index contributed by atoms with van der Waals surface area (Å²) in [7, 11) is 0. The number of hydrogen-bond acceptors (Lipinski definition) is 3. The Hall–Kier alpha value is -2.03. The molecule has 0 unspecified atom stereocenters. The summed E-state index contributed by atoms with van der Waals surface area (Å²) in [5, 5.41) is 0. The van der Waals surface area contributed by atoms with Gasteiger partial charge in [0.15, 0.2) is 0 Å². The Balaban J connectivity index is 2.29. The van der Waals surface area contributed by atoms with Gasteiger partial charge in [0.25, 0.3) is 0 Å². The van der Waals surface area contributed by atoms with Crippen LogP contribution in [0.2, 0.25) is 0 Å². The molecule has 1 aromatic heterocycles. The lowest BCUT2D eigenvalue weighted by Gasteiger charge is -2.08. The topological polar surface area (TPSA) is 64.9 Å². The number of aromatic nitrogens is 1. The predicted molar refractivity (Wildman–Crippen MR) is 67.0 cm³/mol. The molecule has 2 aromatic rings. The van der Waals surface area contributed by atoms with Crippen molar-refractivity contribution in [2.24, 2.45) is 0 Å². The second-order valence-corrected chi connectivity index (χ2v) is 3.95. The maximum atomic E-state index is 5.83. The fourth-order valence-electron chi connectivity index (χ4n) is 1.74. The van der Waals surface area contributed by atoms with Crippen LogP contribution in [-0.2, 0) is 6.42 Å². The summed E-state index contributed by atoms with van der Waals surface area (Å²) < 4.78 is 0. The van der Waals surface area contributed by atoms with Crippen molar-refractivity contribution in [3.63, 3.8) is 0 Å². The smallest absolute Gasteiger partial charge is 0.0577 e. The van der Waals surface area contributed by atoms with Gasteiger partial charge >= 0.3 is 0 Å². The van der Waals surface area contributed by atoms with Crippen molar-refractivity contribution in [1.29, 1.82) is 0 Å². The van der Waals surface area contributed by atoms with Gasteiger partial charge in [-0.1, -0.05) is 12.1 Å². The van der Waals surface area contributed by atoms with Crippen molar-refractivity contribution in [3.05, 3.63) is 53.3 Å². The number of rotatable bonds is 2. The number of benzene rings is 1.